The molecule has 34 heavy (non-hydrogen) atoms. The summed E-state index contributed by atoms with van der Waals surface area (Å²) in [4.78, 5) is 34.1. The van der Waals surface area contributed by atoms with E-state index in [1.807, 2.05) is 17.5 Å². The van der Waals surface area contributed by atoms with Gasteiger partial charge in [-0.1, -0.05) is 18.9 Å². The molecule has 4 rings (SSSR count). The van der Waals surface area contributed by atoms with E-state index in [9.17, 15) is 9.59 Å². The van der Waals surface area contributed by atoms with Gasteiger partial charge in [-0.05, 0) is 54.1 Å². The first-order chi connectivity index (χ1) is 16.6. The van der Waals surface area contributed by atoms with E-state index < -0.39 is 6.04 Å². The molecule has 1 aromatic carbocycles. The van der Waals surface area contributed by atoms with Crippen molar-refractivity contribution < 1.29 is 19.1 Å². The van der Waals surface area contributed by atoms with E-state index in [0.29, 0.717) is 22.7 Å². The van der Waals surface area contributed by atoms with E-state index in [1.54, 1.807) is 61.8 Å². The minimum Gasteiger partial charge on any atom is -0.493 e. The molecule has 0 aliphatic heterocycles. The maximum Gasteiger partial charge on any atom is 0.248 e. The van der Waals surface area contributed by atoms with Crippen LogP contribution in [0.4, 0.5) is 5.69 Å². The number of methoxy groups -OCH3 is 2. The summed E-state index contributed by atoms with van der Waals surface area (Å²) in [6.07, 6.45) is 7.57. The van der Waals surface area contributed by atoms with E-state index in [2.05, 4.69) is 10.3 Å². The van der Waals surface area contributed by atoms with Crippen LogP contribution in [0.3, 0.4) is 0 Å². The highest BCUT2D eigenvalue weighted by atomic mass is 32.1. The topological polar surface area (TPSA) is 80.8 Å². The summed E-state index contributed by atoms with van der Waals surface area (Å²) in [5, 5.41) is 5.13. The van der Waals surface area contributed by atoms with Crippen LogP contribution in [0.25, 0.3) is 0 Å². The van der Waals surface area contributed by atoms with Crippen LogP contribution >= 0.6 is 11.3 Å². The lowest BCUT2D eigenvalue weighted by Crippen LogP contribution is -2.46. The number of hydrogen-bond donors (Lipinski definition) is 1. The Balaban J connectivity index is 1.78. The molecule has 2 heterocycles. The van der Waals surface area contributed by atoms with Crippen molar-refractivity contribution in [2.75, 3.05) is 19.1 Å². The molecule has 1 atom stereocenters. The molecule has 2 aromatic heterocycles. The maximum absolute atomic E-state index is 13.8. The predicted octanol–water partition coefficient (Wildman–Crippen LogP) is 4.54. The first-order valence-corrected chi connectivity index (χ1v) is 12.3. The van der Waals surface area contributed by atoms with E-state index in [0.717, 1.165) is 30.6 Å². The van der Waals surface area contributed by atoms with Gasteiger partial charge in [0.05, 0.1) is 20.6 Å². The van der Waals surface area contributed by atoms with E-state index in [4.69, 9.17) is 9.47 Å². The lowest BCUT2D eigenvalue weighted by Gasteiger charge is -2.32. The monoisotopic (exact) mass is 479 g/mol. The maximum atomic E-state index is 13.8. The third-order valence-electron chi connectivity index (χ3n) is 6.05. The Morgan fingerprint density at radius 1 is 1.09 bits per heavy atom. The number of thiophene rings is 1. The molecule has 1 aliphatic rings. The molecule has 7 nitrogen and oxygen atoms in total. The predicted molar refractivity (Wildman–Crippen MR) is 132 cm³/mol. The van der Waals surface area contributed by atoms with Crippen molar-refractivity contribution in [3.63, 3.8) is 0 Å². The Hall–Kier alpha value is -3.39. The number of nitrogens with one attached hydrogen (secondary N) is 1. The fourth-order valence-electron chi connectivity index (χ4n) is 4.37. The molecule has 3 aromatic rings. The molecular formula is C26H29N3O4S. The lowest BCUT2D eigenvalue weighted by atomic mass is 10.0. The summed E-state index contributed by atoms with van der Waals surface area (Å²) in [6, 6.07) is 11.9. The van der Waals surface area contributed by atoms with Crippen LogP contribution in [0, 0.1) is 0 Å². The molecule has 2 amide bonds. The average Bonchev–Trinajstić information content (AvgIpc) is 3.57. The zero-order valence-electron chi connectivity index (χ0n) is 19.4. The van der Waals surface area contributed by atoms with Crippen molar-refractivity contribution in [3.8, 4) is 11.5 Å². The first-order valence-electron chi connectivity index (χ1n) is 11.4. The van der Waals surface area contributed by atoms with Gasteiger partial charge in [-0.15, -0.1) is 11.3 Å². The van der Waals surface area contributed by atoms with Crippen molar-refractivity contribution in [2.24, 2.45) is 0 Å². The number of pyridine rings is 1. The number of amides is 2. The zero-order chi connectivity index (χ0) is 23.9. The molecular weight excluding hydrogens is 450 g/mol. The smallest absolute Gasteiger partial charge is 0.248 e. The van der Waals surface area contributed by atoms with Gasteiger partial charge < -0.3 is 14.8 Å². The summed E-state index contributed by atoms with van der Waals surface area (Å²) >= 11 is 1.52. The standard InChI is InChI=1S/C26H29N3O4S/c1-32-22-10-9-20(16-23(22)33-2)29(24(30)17-21-8-5-15-34-21)25(18-11-13-27-14-12-18)26(31)28-19-6-3-4-7-19/h5,8-16,19,25H,3-4,6-7,17H2,1-2H3,(H,28,31)/t25-/m1/s1. The van der Waals surface area contributed by atoms with Crippen LogP contribution < -0.4 is 19.7 Å². The van der Waals surface area contributed by atoms with E-state index >= 15 is 0 Å². The molecule has 1 saturated carbocycles. The van der Waals surface area contributed by atoms with Crippen molar-refractivity contribution >= 4 is 28.8 Å². The number of benzene rings is 1. The Labute approximate surface area is 203 Å². The number of ether oxygens (including phenoxy) is 2. The quantitative estimate of drug-likeness (QED) is 0.488. The summed E-state index contributed by atoms with van der Waals surface area (Å²) in [5.74, 6) is 0.650. The molecule has 1 N–H and O–H groups in total. The van der Waals surface area contributed by atoms with Crippen LogP contribution in [0.5, 0.6) is 11.5 Å². The van der Waals surface area contributed by atoms with Gasteiger partial charge in [0, 0.05) is 35.1 Å². The Morgan fingerprint density at radius 3 is 2.47 bits per heavy atom. The highest BCUT2D eigenvalue weighted by Crippen LogP contribution is 2.36. The van der Waals surface area contributed by atoms with Crippen molar-refractivity contribution in [3.05, 3.63) is 70.7 Å². The highest BCUT2D eigenvalue weighted by Gasteiger charge is 2.34. The Bertz CT molecular complexity index is 1100. The van der Waals surface area contributed by atoms with Gasteiger partial charge in [-0.3, -0.25) is 19.5 Å². The number of anilines is 1. The molecule has 1 fully saturated rings. The largest absolute Gasteiger partial charge is 0.493 e. The Morgan fingerprint density at radius 2 is 1.82 bits per heavy atom. The van der Waals surface area contributed by atoms with Crippen LogP contribution in [0.2, 0.25) is 0 Å². The second-order valence-electron chi connectivity index (χ2n) is 8.23. The van der Waals surface area contributed by atoms with Gasteiger partial charge in [0.2, 0.25) is 11.8 Å². The van der Waals surface area contributed by atoms with Gasteiger partial charge in [0.25, 0.3) is 0 Å². The van der Waals surface area contributed by atoms with Gasteiger partial charge in [-0.2, -0.15) is 0 Å². The third-order valence-corrected chi connectivity index (χ3v) is 6.93. The van der Waals surface area contributed by atoms with Gasteiger partial charge in [0.1, 0.15) is 6.04 Å². The molecule has 178 valence electrons. The highest BCUT2D eigenvalue weighted by molar-refractivity contribution is 7.10. The van der Waals surface area contributed by atoms with Crippen LogP contribution in [-0.4, -0.2) is 37.1 Å². The van der Waals surface area contributed by atoms with Gasteiger partial charge in [-0.25, -0.2) is 0 Å². The number of aromatic nitrogens is 1. The third kappa shape index (κ3) is 5.39. The lowest BCUT2D eigenvalue weighted by molar-refractivity contribution is -0.127. The summed E-state index contributed by atoms with van der Waals surface area (Å²) in [5.41, 5.74) is 1.25. The number of rotatable bonds is 9. The van der Waals surface area contributed by atoms with Gasteiger partial charge >= 0.3 is 0 Å². The number of carbonyl (C=O) groups excluding carboxylic acids is 2. The summed E-state index contributed by atoms with van der Waals surface area (Å²) in [6.45, 7) is 0. The second-order valence-corrected chi connectivity index (χ2v) is 9.26. The second kappa shape index (κ2) is 11.2. The van der Waals surface area contributed by atoms with Crippen LogP contribution in [0.15, 0.2) is 60.2 Å². The molecule has 8 heteroatoms. The van der Waals surface area contributed by atoms with Crippen molar-refractivity contribution in [2.45, 2.75) is 44.2 Å². The minimum atomic E-state index is -0.853. The summed E-state index contributed by atoms with van der Waals surface area (Å²) in [7, 11) is 3.11. The van der Waals surface area contributed by atoms with Crippen molar-refractivity contribution in [1.82, 2.24) is 10.3 Å². The van der Waals surface area contributed by atoms with Gasteiger partial charge in [0.15, 0.2) is 11.5 Å². The fraction of sp³-hybridized carbons (Fsp3) is 0.346. The molecule has 0 spiro atoms. The molecule has 0 unspecified atom stereocenters. The minimum absolute atomic E-state index is 0.122. The number of carbonyl (C=O) groups is 2. The SMILES string of the molecule is COc1ccc(N(C(=O)Cc2cccs2)[C@@H](C(=O)NC2CCCC2)c2ccncc2)cc1OC. The van der Waals surface area contributed by atoms with Crippen LogP contribution in [0.1, 0.15) is 42.2 Å². The van der Waals surface area contributed by atoms with E-state index in [-0.39, 0.29) is 24.3 Å². The normalized spacial score (nSPS) is 14.4. The fourth-order valence-corrected chi connectivity index (χ4v) is 5.07. The van der Waals surface area contributed by atoms with Crippen LogP contribution in [-0.2, 0) is 16.0 Å². The zero-order valence-corrected chi connectivity index (χ0v) is 20.2. The first kappa shape index (κ1) is 23.8. The average molecular weight is 480 g/mol. The summed E-state index contributed by atoms with van der Waals surface area (Å²) < 4.78 is 10.9. The molecule has 0 saturated heterocycles. The molecule has 0 bridgehead atoms. The molecule has 0 radical (unpaired) electrons. The number of nitrogens with zero attached hydrogens (tertiary/aromatic N) is 2. The van der Waals surface area contributed by atoms with E-state index in [1.165, 1.54) is 11.3 Å². The number of hydrogen-bond acceptors (Lipinski definition) is 6. The molecule has 1 aliphatic carbocycles. The Kier molecular flexibility index (Phi) is 7.80. The van der Waals surface area contributed by atoms with Crippen molar-refractivity contribution in [1.29, 1.82) is 0 Å².